The molecule has 0 bridgehead atoms. The van der Waals surface area contributed by atoms with E-state index in [1.165, 1.54) is 11.3 Å². The Kier molecular flexibility index (Phi) is 3.76. The van der Waals surface area contributed by atoms with Crippen LogP contribution in [0.25, 0.3) is 0 Å². The molecular weight excluding hydrogens is 292 g/mol. The van der Waals surface area contributed by atoms with Gasteiger partial charge in [-0.15, -0.1) is 11.3 Å². The van der Waals surface area contributed by atoms with Crippen molar-refractivity contribution < 1.29 is 4.79 Å². The molecule has 0 spiro atoms. The number of anilines is 1. The third-order valence-corrected chi connectivity index (χ3v) is 4.67. The standard InChI is InChI=1S/C15H15ClN2OS/c1-9-2-3-10(7-13(9)16)6-12-8-17-15(20-12)18-14(19)11-4-5-11/h2-3,7-8,11H,4-6H2,1H3,(H,17,18,19). The summed E-state index contributed by atoms with van der Waals surface area (Å²) in [6.45, 7) is 1.99. The molecule has 1 heterocycles. The number of thiazole rings is 1. The van der Waals surface area contributed by atoms with E-state index in [0.29, 0.717) is 5.13 Å². The van der Waals surface area contributed by atoms with Crippen LogP contribution in [-0.2, 0) is 11.2 Å². The Bertz CT molecular complexity index is 649. The number of benzene rings is 1. The summed E-state index contributed by atoms with van der Waals surface area (Å²) in [6.07, 6.45) is 4.62. The highest BCUT2D eigenvalue weighted by Crippen LogP contribution is 2.31. The number of hydrogen-bond donors (Lipinski definition) is 1. The maximum absolute atomic E-state index is 11.7. The van der Waals surface area contributed by atoms with E-state index in [9.17, 15) is 4.79 Å². The van der Waals surface area contributed by atoms with Crippen LogP contribution < -0.4 is 5.32 Å². The number of carbonyl (C=O) groups is 1. The lowest BCUT2D eigenvalue weighted by Crippen LogP contribution is -2.12. The molecule has 3 nitrogen and oxygen atoms in total. The minimum atomic E-state index is 0.101. The maximum Gasteiger partial charge on any atom is 0.229 e. The molecule has 0 aliphatic heterocycles. The van der Waals surface area contributed by atoms with Gasteiger partial charge in [0, 0.05) is 28.4 Å². The van der Waals surface area contributed by atoms with E-state index in [1.807, 2.05) is 25.3 Å². The van der Waals surface area contributed by atoms with Crippen LogP contribution in [0.4, 0.5) is 5.13 Å². The van der Waals surface area contributed by atoms with E-state index in [1.54, 1.807) is 0 Å². The van der Waals surface area contributed by atoms with Crippen LogP contribution in [0.3, 0.4) is 0 Å². The Morgan fingerprint density at radius 1 is 1.50 bits per heavy atom. The van der Waals surface area contributed by atoms with Crippen LogP contribution in [-0.4, -0.2) is 10.9 Å². The molecule has 1 aliphatic rings. The summed E-state index contributed by atoms with van der Waals surface area (Å²) in [5, 5.41) is 4.35. The molecule has 1 aromatic carbocycles. The Morgan fingerprint density at radius 2 is 2.30 bits per heavy atom. The van der Waals surface area contributed by atoms with Crippen LogP contribution >= 0.6 is 22.9 Å². The molecule has 1 N–H and O–H groups in total. The fraction of sp³-hybridized carbons (Fsp3) is 0.333. The highest BCUT2D eigenvalue weighted by molar-refractivity contribution is 7.15. The van der Waals surface area contributed by atoms with Gasteiger partial charge in [0.25, 0.3) is 0 Å². The second kappa shape index (κ2) is 5.54. The lowest BCUT2D eigenvalue weighted by Gasteiger charge is -2.02. The molecule has 0 radical (unpaired) electrons. The highest BCUT2D eigenvalue weighted by Gasteiger charge is 2.30. The SMILES string of the molecule is Cc1ccc(Cc2cnc(NC(=O)C3CC3)s2)cc1Cl. The molecule has 3 rings (SSSR count). The Balaban J connectivity index is 1.66. The Labute approximate surface area is 127 Å². The number of nitrogens with zero attached hydrogens (tertiary/aromatic N) is 1. The molecule has 1 amide bonds. The van der Waals surface area contributed by atoms with Gasteiger partial charge in [0.05, 0.1) is 0 Å². The molecule has 0 saturated heterocycles. The van der Waals surface area contributed by atoms with E-state index in [0.717, 1.165) is 40.3 Å². The number of carbonyl (C=O) groups excluding carboxylic acids is 1. The topological polar surface area (TPSA) is 42.0 Å². The Morgan fingerprint density at radius 3 is 3.00 bits per heavy atom. The zero-order valence-corrected chi connectivity index (χ0v) is 12.7. The first-order valence-corrected chi connectivity index (χ1v) is 7.82. The highest BCUT2D eigenvalue weighted by atomic mass is 35.5. The second-order valence-corrected chi connectivity index (χ2v) is 6.68. The molecule has 1 saturated carbocycles. The van der Waals surface area contributed by atoms with Crippen molar-refractivity contribution >= 4 is 34.0 Å². The second-order valence-electron chi connectivity index (χ2n) is 5.16. The maximum atomic E-state index is 11.7. The molecule has 1 aromatic heterocycles. The van der Waals surface area contributed by atoms with Crippen molar-refractivity contribution in [2.24, 2.45) is 5.92 Å². The Hall–Kier alpha value is -1.39. The normalized spacial score (nSPS) is 14.3. The van der Waals surface area contributed by atoms with Crippen molar-refractivity contribution in [3.05, 3.63) is 45.4 Å². The summed E-state index contributed by atoms with van der Waals surface area (Å²) >= 11 is 7.65. The van der Waals surface area contributed by atoms with Crippen LogP contribution in [0.1, 0.15) is 28.8 Å². The number of nitrogens with one attached hydrogen (secondary N) is 1. The molecule has 1 aliphatic carbocycles. The monoisotopic (exact) mass is 306 g/mol. The predicted octanol–water partition coefficient (Wildman–Crippen LogP) is 4.04. The van der Waals surface area contributed by atoms with Gasteiger partial charge < -0.3 is 5.32 Å². The quantitative estimate of drug-likeness (QED) is 0.926. The smallest absolute Gasteiger partial charge is 0.229 e. The number of aryl methyl sites for hydroxylation is 1. The van der Waals surface area contributed by atoms with Crippen molar-refractivity contribution in [3.8, 4) is 0 Å². The van der Waals surface area contributed by atoms with Gasteiger partial charge in [0.1, 0.15) is 0 Å². The molecular formula is C15H15ClN2OS. The third kappa shape index (κ3) is 3.19. The first kappa shape index (κ1) is 13.6. The number of rotatable bonds is 4. The number of aromatic nitrogens is 1. The fourth-order valence-electron chi connectivity index (χ4n) is 1.95. The zero-order chi connectivity index (χ0) is 14.1. The summed E-state index contributed by atoms with van der Waals surface area (Å²) in [6, 6.07) is 6.08. The van der Waals surface area contributed by atoms with E-state index >= 15 is 0 Å². The summed E-state index contributed by atoms with van der Waals surface area (Å²) in [5.74, 6) is 0.308. The summed E-state index contributed by atoms with van der Waals surface area (Å²) in [4.78, 5) is 17.0. The van der Waals surface area contributed by atoms with Crippen molar-refractivity contribution in [3.63, 3.8) is 0 Å². The van der Waals surface area contributed by atoms with Crippen LogP contribution in [0.15, 0.2) is 24.4 Å². The van der Waals surface area contributed by atoms with Crippen molar-refractivity contribution in [2.75, 3.05) is 5.32 Å². The number of halogens is 1. The first-order chi connectivity index (χ1) is 9.61. The molecule has 1 fully saturated rings. The first-order valence-electron chi connectivity index (χ1n) is 6.62. The zero-order valence-electron chi connectivity index (χ0n) is 11.1. The van der Waals surface area contributed by atoms with Gasteiger partial charge >= 0.3 is 0 Å². The lowest BCUT2D eigenvalue weighted by molar-refractivity contribution is -0.117. The predicted molar refractivity (Wildman–Crippen MR) is 82.5 cm³/mol. The van der Waals surface area contributed by atoms with E-state index in [4.69, 9.17) is 11.6 Å². The number of amides is 1. The number of hydrogen-bond acceptors (Lipinski definition) is 3. The average molecular weight is 307 g/mol. The third-order valence-electron chi connectivity index (χ3n) is 3.35. The minimum absolute atomic E-state index is 0.101. The van der Waals surface area contributed by atoms with Gasteiger partial charge in [-0.2, -0.15) is 0 Å². The van der Waals surface area contributed by atoms with Gasteiger partial charge in [-0.1, -0.05) is 23.7 Å². The lowest BCUT2D eigenvalue weighted by atomic mass is 10.1. The van der Waals surface area contributed by atoms with E-state index in [2.05, 4.69) is 16.4 Å². The summed E-state index contributed by atoms with van der Waals surface area (Å²) < 4.78 is 0. The van der Waals surface area contributed by atoms with Crippen LogP contribution in [0.2, 0.25) is 5.02 Å². The fourth-order valence-corrected chi connectivity index (χ4v) is 3.00. The van der Waals surface area contributed by atoms with Crippen molar-refractivity contribution in [2.45, 2.75) is 26.2 Å². The molecule has 5 heteroatoms. The molecule has 0 atom stereocenters. The largest absolute Gasteiger partial charge is 0.302 e. The van der Waals surface area contributed by atoms with Crippen molar-refractivity contribution in [1.82, 2.24) is 4.98 Å². The molecule has 104 valence electrons. The summed E-state index contributed by atoms with van der Waals surface area (Å²) in [7, 11) is 0. The molecule has 0 unspecified atom stereocenters. The summed E-state index contributed by atoms with van der Waals surface area (Å²) in [5.41, 5.74) is 2.24. The minimum Gasteiger partial charge on any atom is -0.302 e. The van der Waals surface area contributed by atoms with Gasteiger partial charge in [0.15, 0.2) is 5.13 Å². The van der Waals surface area contributed by atoms with Crippen molar-refractivity contribution in [1.29, 1.82) is 0 Å². The van der Waals surface area contributed by atoms with Gasteiger partial charge in [0.2, 0.25) is 5.91 Å². The van der Waals surface area contributed by atoms with E-state index < -0.39 is 0 Å². The molecule has 2 aromatic rings. The molecule has 20 heavy (non-hydrogen) atoms. The van der Waals surface area contributed by atoms with E-state index in [-0.39, 0.29) is 11.8 Å². The average Bonchev–Trinajstić information content (AvgIpc) is 3.18. The van der Waals surface area contributed by atoms with Crippen LogP contribution in [0.5, 0.6) is 0 Å². The van der Waals surface area contributed by atoms with Gasteiger partial charge in [-0.05, 0) is 37.0 Å². The van der Waals surface area contributed by atoms with Gasteiger partial charge in [-0.3, -0.25) is 4.79 Å². The van der Waals surface area contributed by atoms with Crippen LogP contribution in [0, 0.1) is 12.8 Å². The van der Waals surface area contributed by atoms with Gasteiger partial charge in [-0.25, -0.2) is 4.98 Å².